The summed E-state index contributed by atoms with van der Waals surface area (Å²) in [6.45, 7) is 12.2. The highest BCUT2D eigenvalue weighted by atomic mass is 16.5. The molecule has 0 aromatic heterocycles. The Morgan fingerprint density at radius 3 is 2.45 bits per heavy atom. The highest BCUT2D eigenvalue weighted by Gasteiger charge is 2.06. The van der Waals surface area contributed by atoms with E-state index in [-0.39, 0.29) is 25.1 Å². The zero-order valence-electron chi connectivity index (χ0n) is 13.8. The van der Waals surface area contributed by atoms with Crippen LogP contribution in [0.3, 0.4) is 0 Å². The summed E-state index contributed by atoms with van der Waals surface area (Å²) < 4.78 is 15.4. The molecular weight excluding hydrogens is 288 g/mol. The standard InChI is InChI=1S/C15H28N2O5/c1-5-20-8-9-21-11-13(4)10-17-15(19)16-6-7-22-14(18)12(2)3/h13H,2,5-11H2,1,3-4H3,(H2,16,17,19). The largest absolute Gasteiger partial charge is 0.460 e. The molecule has 2 amide bonds. The first kappa shape index (κ1) is 20.4. The fourth-order valence-corrected chi connectivity index (χ4v) is 1.37. The summed E-state index contributed by atoms with van der Waals surface area (Å²) in [5.74, 6) is -0.256. The van der Waals surface area contributed by atoms with Gasteiger partial charge in [0.2, 0.25) is 0 Å². The van der Waals surface area contributed by atoms with Gasteiger partial charge in [-0.3, -0.25) is 0 Å². The van der Waals surface area contributed by atoms with Gasteiger partial charge in [0.25, 0.3) is 0 Å². The van der Waals surface area contributed by atoms with Gasteiger partial charge in [0.15, 0.2) is 0 Å². The Balaban J connectivity index is 3.51. The molecule has 0 rings (SSSR count). The van der Waals surface area contributed by atoms with Crippen LogP contribution in [0.4, 0.5) is 4.79 Å². The van der Waals surface area contributed by atoms with Gasteiger partial charge in [0.05, 0.1) is 26.4 Å². The molecule has 0 aliphatic rings. The maximum atomic E-state index is 11.5. The monoisotopic (exact) mass is 316 g/mol. The molecule has 0 aliphatic heterocycles. The molecule has 2 N–H and O–H groups in total. The average molecular weight is 316 g/mol. The van der Waals surface area contributed by atoms with Gasteiger partial charge in [-0.05, 0) is 19.8 Å². The second kappa shape index (κ2) is 13.1. The number of hydrogen-bond donors (Lipinski definition) is 2. The molecule has 1 unspecified atom stereocenters. The van der Waals surface area contributed by atoms with E-state index in [9.17, 15) is 9.59 Å². The summed E-state index contributed by atoms with van der Waals surface area (Å²) in [6, 6.07) is -0.299. The van der Waals surface area contributed by atoms with E-state index in [1.807, 2.05) is 13.8 Å². The molecule has 0 spiro atoms. The first-order valence-electron chi connectivity index (χ1n) is 7.47. The van der Waals surface area contributed by atoms with Gasteiger partial charge in [0, 0.05) is 18.7 Å². The van der Waals surface area contributed by atoms with Gasteiger partial charge in [-0.2, -0.15) is 0 Å². The van der Waals surface area contributed by atoms with Crippen molar-refractivity contribution in [3.05, 3.63) is 12.2 Å². The molecule has 0 fully saturated rings. The summed E-state index contributed by atoms with van der Waals surface area (Å²) in [5.41, 5.74) is 0.336. The van der Waals surface area contributed by atoms with Crippen molar-refractivity contribution in [2.75, 3.05) is 46.1 Å². The third-order valence-electron chi connectivity index (χ3n) is 2.56. The molecule has 0 bridgehead atoms. The normalized spacial score (nSPS) is 11.6. The number of ether oxygens (including phenoxy) is 3. The van der Waals surface area contributed by atoms with Crippen molar-refractivity contribution < 1.29 is 23.8 Å². The van der Waals surface area contributed by atoms with Gasteiger partial charge in [-0.25, -0.2) is 9.59 Å². The third kappa shape index (κ3) is 12.2. The zero-order valence-corrected chi connectivity index (χ0v) is 13.8. The lowest BCUT2D eigenvalue weighted by molar-refractivity contribution is -0.138. The molecule has 0 aromatic rings. The number of carbonyl (C=O) groups excluding carboxylic acids is 2. The minimum Gasteiger partial charge on any atom is -0.460 e. The van der Waals surface area contributed by atoms with Crippen molar-refractivity contribution in [2.45, 2.75) is 20.8 Å². The summed E-state index contributed by atoms with van der Waals surface area (Å²) >= 11 is 0. The maximum Gasteiger partial charge on any atom is 0.333 e. The molecule has 0 aliphatic carbocycles. The Morgan fingerprint density at radius 1 is 1.14 bits per heavy atom. The second-order valence-electron chi connectivity index (χ2n) is 4.93. The topological polar surface area (TPSA) is 85.9 Å². The van der Waals surface area contributed by atoms with Gasteiger partial charge >= 0.3 is 12.0 Å². The fraction of sp³-hybridized carbons (Fsp3) is 0.733. The van der Waals surface area contributed by atoms with Crippen LogP contribution in [0, 0.1) is 5.92 Å². The number of nitrogens with one attached hydrogen (secondary N) is 2. The average Bonchev–Trinajstić information content (AvgIpc) is 2.48. The summed E-state index contributed by atoms with van der Waals surface area (Å²) in [4.78, 5) is 22.6. The van der Waals surface area contributed by atoms with Crippen LogP contribution in [0.15, 0.2) is 12.2 Å². The predicted octanol–water partition coefficient (Wildman–Crippen LogP) is 1.09. The van der Waals surface area contributed by atoms with Crippen molar-refractivity contribution in [1.82, 2.24) is 10.6 Å². The minimum absolute atomic E-state index is 0.120. The second-order valence-corrected chi connectivity index (χ2v) is 4.93. The number of hydrogen-bond acceptors (Lipinski definition) is 5. The Hall–Kier alpha value is -1.60. The number of amides is 2. The summed E-state index contributed by atoms with van der Waals surface area (Å²) in [7, 11) is 0. The fourth-order valence-electron chi connectivity index (χ4n) is 1.37. The molecular formula is C15H28N2O5. The number of rotatable bonds is 12. The molecule has 0 heterocycles. The van der Waals surface area contributed by atoms with Gasteiger partial charge < -0.3 is 24.8 Å². The van der Waals surface area contributed by atoms with Crippen LogP contribution in [0.1, 0.15) is 20.8 Å². The molecule has 0 saturated carbocycles. The highest BCUT2D eigenvalue weighted by molar-refractivity contribution is 5.86. The van der Waals surface area contributed by atoms with Crippen molar-refractivity contribution in [2.24, 2.45) is 5.92 Å². The van der Waals surface area contributed by atoms with E-state index in [2.05, 4.69) is 17.2 Å². The maximum absolute atomic E-state index is 11.5. The Bertz CT molecular complexity index is 347. The van der Waals surface area contributed by atoms with E-state index >= 15 is 0 Å². The molecule has 1 atom stereocenters. The van der Waals surface area contributed by atoms with Crippen molar-refractivity contribution in [1.29, 1.82) is 0 Å². The Morgan fingerprint density at radius 2 is 1.82 bits per heavy atom. The van der Waals surface area contributed by atoms with Crippen LogP contribution in [0.5, 0.6) is 0 Å². The van der Waals surface area contributed by atoms with Crippen LogP contribution in [-0.2, 0) is 19.0 Å². The Kier molecular flexibility index (Phi) is 12.1. The molecule has 0 aromatic carbocycles. The van der Waals surface area contributed by atoms with Crippen molar-refractivity contribution in [3.63, 3.8) is 0 Å². The van der Waals surface area contributed by atoms with Gasteiger partial charge in [-0.15, -0.1) is 0 Å². The smallest absolute Gasteiger partial charge is 0.333 e. The van der Waals surface area contributed by atoms with Crippen molar-refractivity contribution in [3.8, 4) is 0 Å². The summed E-state index contributed by atoms with van der Waals surface area (Å²) in [6.07, 6.45) is 0. The van der Waals surface area contributed by atoms with E-state index in [1.165, 1.54) is 0 Å². The van der Waals surface area contributed by atoms with Crippen LogP contribution in [0.2, 0.25) is 0 Å². The van der Waals surface area contributed by atoms with E-state index in [0.717, 1.165) is 0 Å². The van der Waals surface area contributed by atoms with E-state index in [1.54, 1.807) is 6.92 Å². The molecule has 128 valence electrons. The molecule has 7 nitrogen and oxygen atoms in total. The quantitative estimate of drug-likeness (QED) is 0.320. The van der Waals surface area contributed by atoms with Gasteiger partial charge in [0.1, 0.15) is 6.61 Å². The van der Waals surface area contributed by atoms with Crippen LogP contribution >= 0.6 is 0 Å². The number of carbonyl (C=O) groups is 2. The summed E-state index contributed by atoms with van der Waals surface area (Å²) in [5, 5.41) is 5.32. The number of urea groups is 1. The third-order valence-corrected chi connectivity index (χ3v) is 2.56. The molecule has 7 heteroatoms. The Labute approximate surface area is 132 Å². The van der Waals surface area contributed by atoms with Crippen molar-refractivity contribution >= 4 is 12.0 Å². The lowest BCUT2D eigenvalue weighted by Crippen LogP contribution is -2.40. The predicted molar refractivity (Wildman–Crippen MR) is 83.7 cm³/mol. The van der Waals surface area contributed by atoms with E-state index in [0.29, 0.717) is 38.5 Å². The lowest BCUT2D eigenvalue weighted by atomic mass is 10.2. The molecule has 0 radical (unpaired) electrons. The van der Waals surface area contributed by atoms with Crippen LogP contribution in [-0.4, -0.2) is 58.1 Å². The highest BCUT2D eigenvalue weighted by Crippen LogP contribution is 1.94. The lowest BCUT2D eigenvalue weighted by Gasteiger charge is -2.14. The minimum atomic E-state index is -0.458. The number of esters is 1. The van der Waals surface area contributed by atoms with E-state index in [4.69, 9.17) is 14.2 Å². The van der Waals surface area contributed by atoms with Gasteiger partial charge in [-0.1, -0.05) is 13.5 Å². The first-order chi connectivity index (χ1) is 10.5. The van der Waals surface area contributed by atoms with Crippen LogP contribution in [0.25, 0.3) is 0 Å². The van der Waals surface area contributed by atoms with E-state index < -0.39 is 5.97 Å². The molecule has 22 heavy (non-hydrogen) atoms. The zero-order chi connectivity index (χ0) is 16.8. The molecule has 0 saturated heterocycles. The van der Waals surface area contributed by atoms with Crippen LogP contribution < -0.4 is 10.6 Å². The SMILES string of the molecule is C=C(C)C(=O)OCCNC(=O)NCC(C)COCCOCC. The first-order valence-corrected chi connectivity index (χ1v) is 7.47.